The fourth-order valence-corrected chi connectivity index (χ4v) is 2.61. The number of hydrogen-bond acceptors (Lipinski definition) is 5. The van der Waals surface area contributed by atoms with Gasteiger partial charge in [0.2, 0.25) is 0 Å². The minimum atomic E-state index is 0.917. The summed E-state index contributed by atoms with van der Waals surface area (Å²) in [6.07, 6.45) is 1.00. The third-order valence-electron chi connectivity index (χ3n) is 2.17. The molecule has 0 unspecified atom stereocenters. The van der Waals surface area contributed by atoms with E-state index in [0.717, 1.165) is 25.2 Å². The van der Waals surface area contributed by atoms with Gasteiger partial charge in [-0.15, -0.1) is 22.7 Å². The molecule has 80 valence electrons. The van der Waals surface area contributed by atoms with Crippen LogP contribution in [0.5, 0.6) is 0 Å². The first-order valence-electron chi connectivity index (χ1n) is 4.83. The van der Waals surface area contributed by atoms with Crippen LogP contribution in [0.15, 0.2) is 16.4 Å². The third-order valence-corrected chi connectivity index (χ3v) is 3.74. The number of thiazole rings is 2. The fourth-order valence-electron chi connectivity index (χ4n) is 1.28. The van der Waals surface area contributed by atoms with E-state index >= 15 is 0 Å². The lowest BCUT2D eigenvalue weighted by atomic mass is 10.3. The van der Waals surface area contributed by atoms with E-state index in [9.17, 15) is 0 Å². The zero-order chi connectivity index (χ0) is 10.5. The van der Waals surface area contributed by atoms with Crippen LogP contribution in [0, 0.1) is 6.92 Å². The van der Waals surface area contributed by atoms with Gasteiger partial charge in [-0.05, 0) is 6.92 Å². The summed E-state index contributed by atoms with van der Waals surface area (Å²) < 4.78 is 0. The van der Waals surface area contributed by atoms with Gasteiger partial charge in [-0.2, -0.15) is 0 Å². The molecule has 2 aromatic heterocycles. The van der Waals surface area contributed by atoms with E-state index < -0.39 is 0 Å². The van der Waals surface area contributed by atoms with Crippen molar-refractivity contribution in [2.24, 2.45) is 0 Å². The minimum Gasteiger partial charge on any atom is -0.311 e. The first-order chi connectivity index (χ1) is 7.36. The van der Waals surface area contributed by atoms with Crippen molar-refractivity contribution in [1.82, 2.24) is 15.3 Å². The second kappa shape index (κ2) is 5.34. The topological polar surface area (TPSA) is 37.8 Å². The lowest BCUT2D eigenvalue weighted by Gasteiger charge is -2.01. The Morgan fingerprint density at radius 1 is 1.33 bits per heavy atom. The summed E-state index contributed by atoms with van der Waals surface area (Å²) >= 11 is 3.36. The van der Waals surface area contributed by atoms with Crippen LogP contribution in [0.4, 0.5) is 0 Å². The Morgan fingerprint density at radius 2 is 2.27 bits per heavy atom. The Kier molecular flexibility index (Phi) is 3.82. The van der Waals surface area contributed by atoms with Crippen molar-refractivity contribution in [3.8, 4) is 0 Å². The van der Waals surface area contributed by atoms with Crippen LogP contribution < -0.4 is 5.32 Å². The zero-order valence-corrected chi connectivity index (χ0v) is 10.2. The summed E-state index contributed by atoms with van der Waals surface area (Å²) in [6.45, 7) is 3.94. The highest BCUT2D eigenvalue weighted by Gasteiger charge is 2.00. The summed E-state index contributed by atoms with van der Waals surface area (Å²) in [5.74, 6) is 0. The Hall–Kier alpha value is -0.780. The van der Waals surface area contributed by atoms with E-state index in [1.165, 1.54) is 10.6 Å². The first kappa shape index (κ1) is 10.7. The van der Waals surface area contributed by atoms with Crippen LogP contribution in [-0.2, 0) is 13.0 Å². The summed E-state index contributed by atoms with van der Waals surface area (Å²) in [6, 6.07) is 0. The SMILES string of the molecule is Cc1ncsc1CNCCc1cscn1. The number of aryl methyl sites for hydroxylation is 1. The molecule has 0 saturated carbocycles. The van der Waals surface area contributed by atoms with Crippen LogP contribution in [0.3, 0.4) is 0 Å². The van der Waals surface area contributed by atoms with Crippen LogP contribution in [0.1, 0.15) is 16.3 Å². The van der Waals surface area contributed by atoms with E-state index in [0.29, 0.717) is 0 Å². The molecule has 0 fully saturated rings. The maximum atomic E-state index is 4.24. The molecule has 0 aromatic carbocycles. The molecule has 0 bridgehead atoms. The molecule has 2 aromatic rings. The average molecular weight is 239 g/mol. The summed E-state index contributed by atoms with van der Waals surface area (Å²) in [5.41, 5.74) is 6.09. The van der Waals surface area contributed by atoms with E-state index in [1.807, 2.05) is 17.9 Å². The average Bonchev–Trinajstić information content (AvgIpc) is 2.85. The highest BCUT2D eigenvalue weighted by molar-refractivity contribution is 7.09. The Labute approximate surface area is 97.2 Å². The largest absolute Gasteiger partial charge is 0.311 e. The highest BCUT2D eigenvalue weighted by atomic mass is 32.1. The number of aromatic nitrogens is 2. The molecule has 0 amide bonds. The lowest BCUT2D eigenvalue weighted by Crippen LogP contribution is -2.16. The molecule has 5 heteroatoms. The maximum absolute atomic E-state index is 4.24. The van der Waals surface area contributed by atoms with Crippen LogP contribution >= 0.6 is 22.7 Å². The zero-order valence-electron chi connectivity index (χ0n) is 8.56. The number of nitrogens with one attached hydrogen (secondary N) is 1. The highest BCUT2D eigenvalue weighted by Crippen LogP contribution is 2.11. The molecule has 2 rings (SSSR count). The predicted octanol–water partition coefficient (Wildman–Crippen LogP) is 2.24. The summed E-state index contributed by atoms with van der Waals surface area (Å²) in [7, 11) is 0. The second-order valence-electron chi connectivity index (χ2n) is 3.27. The van der Waals surface area contributed by atoms with Gasteiger partial charge in [-0.1, -0.05) is 0 Å². The van der Waals surface area contributed by atoms with E-state index in [4.69, 9.17) is 0 Å². The Morgan fingerprint density at radius 3 is 2.93 bits per heavy atom. The normalized spacial score (nSPS) is 10.7. The van der Waals surface area contributed by atoms with Gasteiger partial charge in [0.1, 0.15) is 0 Å². The van der Waals surface area contributed by atoms with Gasteiger partial charge in [-0.25, -0.2) is 9.97 Å². The summed E-state index contributed by atoms with van der Waals surface area (Å²) in [4.78, 5) is 9.78. The number of rotatable bonds is 5. The van der Waals surface area contributed by atoms with Crippen LogP contribution in [0.25, 0.3) is 0 Å². The van der Waals surface area contributed by atoms with Crippen molar-refractivity contribution < 1.29 is 0 Å². The van der Waals surface area contributed by atoms with Crippen LogP contribution in [0.2, 0.25) is 0 Å². The molecule has 0 atom stereocenters. The monoisotopic (exact) mass is 239 g/mol. The molecule has 1 N–H and O–H groups in total. The van der Waals surface area contributed by atoms with E-state index in [1.54, 1.807) is 22.7 Å². The van der Waals surface area contributed by atoms with Crippen molar-refractivity contribution in [2.45, 2.75) is 19.9 Å². The molecular weight excluding hydrogens is 226 g/mol. The molecule has 0 aliphatic rings. The van der Waals surface area contributed by atoms with Gasteiger partial charge < -0.3 is 5.32 Å². The van der Waals surface area contributed by atoms with Crippen molar-refractivity contribution in [3.63, 3.8) is 0 Å². The van der Waals surface area contributed by atoms with Gasteiger partial charge in [0.05, 0.1) is 22.4 Å². The van der Waals surface area contributed by atoms with Crippen molar-refractivity contribution in [1.29, 1.82) is 0 Å². The van der Waals surface area contributed by atoms with Gasteiger partial charge in [0, 0.05) is 29.8 Å². The molecule has 3 nitrogen and oxygen atoms in total. The molecule has 0 spiro atoms. The maximum Gasteiger partial charge on any atom is 0.0798 e. The number of hydrogen-bond donors (Lipinski definition) is 1. The Balaban J connectivity index is 1.70. The molecular formula is C10H13N3S2. The molecule has 2 heterocycles. The van der Waals surface area contributed by atoms with Gasteiger partial charge in [0.25, 0.3) is 0 Å². The van der Waals surface area contributed by atoms with Gasteiger partial charge in [0.15, 0.2) is 0 Å². The lowest BCUT2D eigenvalue weighted by molar-refractivity contribution is 0.685. The molecule has 0 saturated heterocycles. The van der Waals surface area contributed by atoms with E-state index in [2.05, 4.69) is 20.7 Å². The second-order valence-corrected chi connectivity index (χ2v) is 4.93. The van der Waals surface area contributed by atoms with Crippen molar-refractivity contribution in [3.05, 3.63) is 32.7 Å². The fraction of sp³-hybridized carbons (Fsp3) is 0.400. The van der Waals surface area contributed by atoms with Crippen LogP contribution in [-0.4, -0.2) is 16.5 Å². The molecule has 0 radical (unpaired) electrons. The molecule has 0 aliphatic heterocycles. The molecule has 0 aliphatic carbocycles. The van der Waals surface area contributed by atoms with Crippen molar-refractivity contribution >= 4 is 22.7 Å². The smallest absolute Gasteiger partial charge is 0.0798 e. The minimum absolute atomic E-state index is 0.917. The van der Waals surface area contributed by atoms with Crippen molar-refractivity contribution in [2.75, 3.05) is 6.54 Å². The first-order valence-corrected chi connectivity index (χ1v) is 6.65. The number of nitrogens with zero attached hydrogens (tertiary/aromatic N) is 2. The Bertz CT molecular complexity index is 394. The standard InChI is InChI=1S/C10H13N3S2/c1-8-10(15-7-12-8)4-11-3-2-9-5-14-6-13-9/h5-7,11H,2-4H2,1H3. The summed E-state index contributed by atoms with van der Waals surface area (Å²) in [5, 5.41) is 5.50. The predicted molar refractivity (Wildman–Crippen MR) is 64.4 cm³/mol. The van der Waals surface area contributed by atoms with E-state index in [-0.39, 0.29) is 0 Å². The van der Waals surface area contributed by atoms with Gasteiger partial charge in [-0.3, -0.25) is 0 Å². The quantitative estimate of drug-likeness (QED) is 0.813. The third kappa shape index (κ3) is 3.09. The van der Waals surface area contributed by atoms with Gasteiger partial charge >= 0.3 is 0 Å². The molecule has 15 heavy (non-hydrogen) atoms.